The third kappa shape index (κ3) is 2.50. The number of nitrogens with one attached hydrogen (secondary N) is 1. The molecule has 0 atom stereocenters. The average molecular weight is 297 g/mol. The fourth-order valence-corrected chi connectivity index (χ4v) is 2.79. The van der Waals surface area contributed by atoms with Crippen LogP contribution in [0.1, 0.15) is 27.4 Å². The van der Waals surface area contributed by atoms with Gasteiger partial charge < -0.3 is 14.4 Å². The van der Waals surface area contributed by atoms with E-state index >= 15 is 0 Å². The summed E-state index contributed by atoms with van der Waals surface area (Å²) >= 11 is 0. The predicted octanol–water partition coefficient (Wildman–Crippen LogP) is 2.76. The summed E-state index contributed by atoms with van der Waals surface area (Å²) in [5.41, 5.74) is 3.61. The predicted molar refractivity (Wildman–Crippen MR) is 84.9 cm³/mol. The molecular formula is C17H19N3O2. The van der Waals surface area contributed by atoms with Crippen molar-refractivity contribution in [2.24, 2.45) is 7.05 Å². The molecule has 0 unspecified atom stereocenters. The monoisotopic (exact) mass is 297 g/mol. The van der Waals surface area contributed by atoms with Crippen molar-refractivity contribution in [1.29, 1.82) is 0 Å². The van der Waals surface area contributed by atoms with Crippen LogP contribution in [0.15, 0.2) is 35.0 Å². The van der Waals surface area contributed by atoms with Crippen LogP contribution in [-0.4, -0.2) is 22.2 Å². The van der Waals surface area contributed by atoms with Crippen molar-refractivity contribution in [1.82, 2.24) is 15.0 Å². The molecule has 3 aromatic rings. The number of nitrogens with zero attached hydrogens (tertiary/aromatic N) is 2. The molecule has 1 aromatic carbocycles. The third-order valence-electron chi connectivity index (χ3n) is 3.98. The van der Waals surface area contributed by atoms with Crippen molar-refractivity contribution in [2.75, 3.05) is 6.54 Å². The number of rotatable bonds is 4. The van der Waals surface area contributed by atoms with Crippen LogP contribution < -0.4 is 5.32 Å². The molecule has 5 nitrogen and oxygen atoms in total. The van der Waals surface area contributed by atoms with Gasteiger partial charge in [-0.2, -0.15) is 0 Å². The maximum Gasteiger partial charge on any atom is 0.253 e. The molecule has 0 aliphatic rings. The molecule has 2 aromatic heterocycles. The molecule has 0 aliphatic carbocycles. The minimum absolute atomic E-state index is 0.0563. The molecule has 114 valence electrons. The number of hydrogen-bond acceptors (Lipinski definition) is 3. The lowest BCUT2D eigenvalue weighted by Crippen LogP contribution is -2.26. The van der Waals surface area contributed by atoms with Gasteiger partial charge in [0.2, 0.25) is 0 Å². The summed E-state index contributed by atoms with van der Waals surface area (Å²) < 4.78 is 7.11. The molecule has 3 rings (SSSR count). The van der Waals surface area contributed by atoms with E-state index < -0.39 is 0 Å². The van der Waals surface area contributed by atoms with Crippen molar-refractivity contribution in [2.45, 2.75) is 20.3 Å². The van der Waals surface area contributed by atoms with Crippen molar-refractivity contribution >= 4 is 16.8 Å². The van der Waals surface area contributed by atoms with Gasteiger partial charge in [0.15, 0.2) is 0 Å². The largest absolute Gasteiger partial charge is 0.361 e. The van der Waals surface area contributed by atoms with Gasteiger partial charge >= 0.3 is 0 Å². The Bertz CT molecular complexity index is 810. The first-order valence-corrected chi connectivity index (χ1v) is 7.32. The first-order chi connectivity index (χ1) is 10.6. The van der Waals surface area contributed by atoms with Gasteiger partial charge in [-0.05, 0) is 32.4 Å². The number of aromatic nitrogens is 2. The SMILES string of the molecule is Cc1noc(C)c1CCNC(=O)c1cccc2ccn(C)c12. The van der Waals surface area contributed by atoms with Gasteiger partial charge in [0.1, 0.15) is 5.76 Å². The normalized spacial score (nSPS) is 11.0. The van der Waals surface area contributed by atoms with E-state index in [1.54, 1.807) is 0 Å². The smallest absolute Gasteiger partial charge is 0.253 e. The quantitative estimate of drug-likeness (QED) is 0.805. The molecule has 0 saturated carbocycles. The fraction of sp³-hybridized carbons (Fsp3) is 0.294. The Morgan fingerprint density at radius 3 is 2.86 bits per heavy atom. The summed E-state index contributed by atoms with van der Waals surface area (Å²) in [6.07, 6.45) is 2.68. The Labute approximate surface area is 128 Å². The van der Waals surface area contributed by atoms with E-state index in [2.05, 4.69) is 10.5 Å². The molecule has 1 N–H and O–H groups in total. The van der Waals surface area contributed by atoms with Crippen LogP contribution in [0.2, 0.25) is 0 Å². The van der Waals surface area contributed by atoms with Gasteiger partial charge in [-0.3, -0.25) is 4.79 Å². The van der Waals surface area contributed by atoms with Crippen LogP contribution in [0.4, 0.5) is 0 Å². The molecular weight excluding hydrogens is 278 g/mol. The second-order valence-electron chi connectivity index (χ2n) is 5.48. The number of para-hydroxylation sites is 1. The molecule has 0 spiro atoms. The van der Waals surface area contributed by atoms with Crippen LogP contribution >= 0.6 is 0 Å². The number of carbonyl (C=O) groups is 1. The maximum atomic E-state index is 12.4. The summed E-state index contributed by atoms with van der Waals surface area (Å²) in [7, 11) is 1.95. The van der Waals surface area contributed by atoms with Gasteiger partial charge in [-0.25, -0.2) is 0 Å². The molecule has 1 amide bonds. The Morgan fingerprint density at radius 2 is 2.14 bits per heavy atom. The number of fused-ring (bicyclic) bond motifs is 1. The molecule has 0 aliphatic heterocycles. The summed E-state index contributed by atoms with van der Waals surface area (Å²) in [4.78, 5) is 12.4. The van der Waals surface area contributed by atoms with Crippen molar-refractivity contribution in [3.8, 4) is 0 Å². The first kappa shape index (κ1) is 14.4. The standard InChI is InChI=1S/C17H19N3O2/c1-11-14(12(2)22-19-11)7-9-18-17(21)15-6-4-5-13-8-10-20(3)16(13)15/h4-6,8,10H,7,9H2,1-3H3,(H,18,21). The lowest BCUT2D eigenvalue weighted by atomic mass is 10.1. The van der Waals surface area contributed by atoms with Crippen molar-refractivity contribution in [3.05, 3.63) is 53.0 Å². The van der Waals surface area contributed by atoms with E-state index in [1.165, 1.54) is 0 Å². The molecule has 0 saturated heterocycles. The van der Waals surface area contributed by atoms with Gasteiger partial charge in [0.05, 0.1) is 16.8 Å². The maximum absolute atomic E-state index is 12.4. The van der Waals surface area contributed by atoms with Gasteiger partial charge in [-0.1, -0.05) is 17.3 Å². The minimum atomic E-state index is -0.0563. The fourth-order valence-electron chi connectivity index (χ4n) is 2.79. The molecule has 22 heavy (non-hydrogen) atoms. The van der Waals surface area contributed by atoms with Crippen LogP contribution in [0, 0.1) is 13.8 Å². The molecule has 0 bridgehead atoms. The highest BCUT2D eigenvalue weighted by Crippen LogP contribution is 2.19. The van der Waals surface area contributed by atoms with Crippen LogP contribution in [-0.2, 0) is 13.5 Å². The lowest BCUT2D eigenvalue weighted by molar-refractivity contribution is 0.0955. The Morgan fingerprint density at radius 1 is 1.32 bits per heavy atom. The number of benzene rings is 1. The highest BCUT2D eigenvalue weighted by Gasteiger charge is 2.13. The number of carbonyl (C=O) groups excluding carboxylic acids is 1. The van der Waals surface area contributed by atoms with E-state index in [9.17, 15) is 4.79 Å². The number of hydrogen-bond donors (Lipinski definition) is 1. The Hall–Kier alpha value is -2.56. The zero-order chi connectivity index (χ0) is 15.7. The van der Waals surface area contributed by atoms with E-state index in [-0.39, 0.29) is 5.91 Å². The number of aryl methyl sites for hydroxylation is 3. The second-order valence-corrected chi connectivity index (χ2v) is 5.48. The second kappa shape index (κ2) is 5.67. The molecule has 2 heterocycles. The van der Waals surface area contributed by atoms with Crippen molar-refractivity contribution < 1.29 is 9.32 Å². The minimum Gasteiger partial charge on any atom is -0.361 e. The zero-order valence-corrected chi connectivity index (χ0v) is 13.0. The summed E-state index contributed by atoms with van der Waals surface area (Å²) in [5, 5.41) is 7.98. The van der Waals surface area contributed by atoms with E-state index in [1.807, 2.05) is 55.9 Å². The Balaban J connectivity index is 1.73. The van der Waals surface area contributed by atoms with Gasteiger partial charge in [0.25, 0.3) is 5.91 Å². The summed E-state index contributed by atoms with van der Waals surface area (Å²) in [6.45, 7) is 4.36. The zero-order valence-electron chi connectivity index (χ0n) is 13.0. The first-order valence-electron chi connectivity index (χ1n) is 7.32. The number of amides is 1. The summed E-state index contributed by atoms with van der Waals surface area (Å²) in [6, 6.07) is 7.78. The highest BCUT2D eigenvalue weighted by molar-refractivity contribution is 6.05. The average Bonchev–Trinajstić information content (AvgIpc) is 3.04. The molecule has 5 heteroatoms. The highest BCUT2D eigenvalue weighted by atomic mass is 16.5. The summed E-state index contributed by atoms with van der Waals surface area (Å²) in [5.74, 6) is 0.760. The van der Waals surface area contributed by atoms with Crippen molar-refractivity contribution in [3.63, 3.8) is 0 Å². The third-order valence-corrected chi connectivity index (χ3v) is 3.98. The van der Waals surface area contributed by atoms with Gasteiger partial charge in [-0.15, -0.1) is 0 Å². The van der Waals surface area contributed by atoms with E-state index in [4.69, 9.17) is 4.52 Å². The van der Waals surface area contributed by atoms with Crippen LogP contribution in [0.5, 0.6) is 0 Å². The van der Waals surface area contributed by atoms with E-state index in [0.717, 1.165) is 34.3 Å². The van der Waals surface area contributed by atoms with E-state index in [0.29, 0.717) is 12.1 Å². The molecule has 0 fully saturated rings. The van der Waals surface area contributed by atoms with Crippen LogP contribution in [0.25, 0.3) is 10.9 Å². The molecule has 0 radical (unpaired) electrons. The Kier molecular flexibility index (Phi) is 3.71. The topological polar surface area (TPSA) is 60.1 Å². The lowest BCUT2D eigenvalue weighted by Gasteiger charge is -2.08. The van der Waals surface area contributed by atoms with Crippen LogP contribution in [0.3, 0.4) is 0 Å². The van der Waals surface area contributed by atoms with Gasteiger partial charge in [0, 0.05) is 30.7 Å².